The number of amides is 1. The van der Waals surface area contributed by atoms with Crippen molar-refractivity contribution >= 4 is 11.6 Å². The van der Waals surface area contributed by atoms with Crippen LogP contribution in [0.1, 0.15) is 15.9 Å². The van der Waals surface area contributed by atoms with Crippen molar-refractivity contribution in [2.45, 2.75) is 6.92 Å². The number of dihydropyridines is 1. The SMILES string of the molecule is COc1ccc(C(=O)Nc2cccc(C)c2)c(OC)c1OC.NC1=C(N)NCC=C1. The van der Waals surface area contributed by atoms with Gasteiger partial charge in [-0.25, -0.2) is 0 Å². The van der Waals surface area contributed by atoms with Crippen molar-refractivity contribution in [3.63, 3.8) is 0 Å². The normalized spacial score (nSPS) is 12.3. The fraction of sp³-hybridized carbons (Fsp3) is 0.227. The molecule has 8 heteroatoms. The maximum absolute atomic E-state index is 12.5. The standard InChI is InChI=1S/C17H19NO4.C5H9N3/c1-11-6-5-7-12(10-11)18-17(19)13-8-9-14(20-2)16(22-4)15(13)21-3;6-4-2-1-3-8-5(4)7/h5-10H,1-4H3,(H,18,19);1-2,8H,3,6-7H2. The summed E-state index contributed by atoms with van der Waals surface area (Å²) in [6.45, 7) is 2.75. The summed E-state index contributed by atoms with van der Waals surface area (Å²) in [5.41, 5.74) is 13.5. The number of allylic oxidation sites excluding steroid dienone is 1. The monoisotopic (exact) mass is 412 g/mol. The molecule has 0 saturated heterocycles. The number of nitrogens with two attached hydrogens (primary N) is 2. The molecule has 0 bridgehead atoms. The molecule has 1 heterocycles. The van der Waals surface area contributed by atoms with Gasteiger partial charge in [0.1, 0.15) is 5.82 Å². The average molecular weight is 412 g/mol. The van der Waals surface area contributed by atoms with Crippen LogP contribution in [0.2, 0.25) is 0 Å². The number of methoxy groups -OCH3 is 3. The first-order valence-corrected chi connectivity index (χ1v) is 9.23. The Kier molecular flexibility index (Phi) is 7.99. The van der Waals surface area contributed by atoms with Gasteiger partial charge >= 0.3 is 0 Å². The Morgan fingerprint density at radius 3 is 2.30 bits per heavy atom. The van der Waals surface area contributed by atoms with Gasteiger partial charge in [-0.05, 0) is 42.8 Å². The molecule has 0 aromatic heterocycles. The Morgan fingerprint density at radius 1 is 1.03 bits per heavy atom. The number of hydrogen-bond donors (Lipinski definition) is 4. The number of benzene rings is 2. The van der Waals surface area contributed by atoms with Crippen molar-refractivity contribution in [3.05, 3.63) is 71.2 Å². The van der Waals surface area contributed by atoms with Gasteiger partial charge in [0, 0.05) is 12.2 Å². The third-order valence-electron chi connectivity index (χ3n) is 4.24. The summed E-state index contributed by atoms with van der Waals surface area (Å²) in [7, 11) is 4.52. The quantitative estimate of drug-likeness (QED) is 0.595. The smallest absolute Gasteiger partial charge is 0.259 e. The third-order valence-corrected chi connectivity index (χ3v) is 4.24. The van der Waals surface area contributed by atoms with Gasteiger partial charge in [-0.1, -0.05) is 18.2 Å². The van der Waals surface area contributed by atoms with Crippen LogP contribution in [0, 0.1) is 6.92 Å². The number of hydrogen-bond acceptors (Lipinski definition) is 7. The zero-order valence-corrected chi connectivity index (χ0v) is 17.6. The van der Waals surface area contributed by atoms with Crippen LogP contribution in [0.5, 0.6) is 17.2 Å². The maximum Gasteiger partial charge on any atom is 0.259 e. The van der Waals surface area contributed by atoms with Crippen molar-refractivity contribution in [2.75, 3.05) is 33.2 Å². The van der Waals surface area contributed by atoms with Gasteiger partial charge in [-0.3, -0.25) is 4.79 Å². The number of rotatable bonds is 5. The molecule has 1 aliphatic rings. The number of carbonyl (C=O) groups excluding carboxylic acids is 1. The minimum Gasteiger partial charge on any atom is -0.493 e. The van der Waals surface area contributed by atoms with Crippen molar-refractivity contribution in [1.29, 1.82) is 0 Å². The first-order valence-electron chi connectivity index (χ1n) is 9.23. The highest BCUT2D eigenvalue weighted by Gasteiger charge is 2.20. The summed E-state index contributed by atoms with van der Waals surface area (Å²) in [5.74, 6) is 1.54. The molecule has 0 aliphatic carbocycles. The molecule has 30 heavy (non-hydrogen) atoms. The van der Waals surface area contributed by atoms with Crippen LogP contribution in [-0.2, 0) is 0 Å². The second kappa shape index (κ2) is 10.7. The first-order chi connectivity index (χ1) is 14.4. The van der Waals surface area contributed by atoms with E-state index < -0.39 is 0 Å². The topological polar surface area (TPSA) is 121 Å². The number of anilines is 1. The molecule has 2 aromatic carbocycles. The lowest BCUT2D eigenvalue weighted by Gasteiger charge is -2.15. The first kappa shape index (κ1) is 22.5. The van der Waals surface area contributed by atoms with E-state index in [0.29, 0.717) is 34.3 Å². The fourth-order valence-corrected chi connectivity index (χ4v) is 2.75. The fourth-order valence-electron chi connectivity index (χ4n) is 2.75. The van der Waals surface area contributed by atoms with E-state index in [1.54, 1.807) is 18.2 Å². The molecule has 0 atom stereocenters. The Bertz CT molecular complexity index is 954. The molecule has 2 aromatic rings. The second-order valence-electron chi connectivity index (χ2n) is 6.36. The molecule has 8 nitrogen and oxygen atoms in total. The van der Waals surface area contributed by atoms with Gasteiger partial charge in [0.05, 0.1) is 32.6 Å². The van der Waals surface area contributed by atoms with Crippen LogP contribution in [0.4, 0.5) is 5.69 Å². The maximum atomic E-state index is 12.5. The van der Waals surface area contributed by atoms with Gasteiger partial charge in [-0.15, -0.1) is 0 Å². The van der Waals surface area contributed by atoms with Crippen LogP contribution in [0.3, 0.4) is 0 Å². The largest absolute Gasteiger partial charge is 0.493 e. The molecular weight excluding hydrogens is 384 g/mol. The van der Waals surface area contributed by atoms with Crippen molar-refractivity contribution < 1.29 is 19.0 Å². The summed E-state index contributed by atoms with van der Waals surface area (Å²) in [5, 5.41) is 5.72. The van der Waals surface area contributed by atoms with Crippen molar-refractivity contribution in [1.82, 2.24) is 5.32 Å². The minimum absolute atomic E-state index is 0.275. The van der Waals surface area contributed by atoms with Gasteiger partial charge in [0.25, 0.3) is 5.91 Å². The van der Waals surface area contributed by atoms with E-state index in [9.17, 15) is 4.79 Å². The average Bonchev–Trinajstić information content (AvgIpc) is 2.75. The van der Waals surface area contributed by atoms with Gasteiger partial charge in [0.15, 0.2) is 11.5 Å². The molecule has 1 amide bonds. The highest BCUT2D eigenvalue weighted by molar-refractivity contribution is 6.07. The Labute approximate surface area is 176 Å². The summed E-state index contributed by atoms with van der Waals surface area (Å²) in [6.07, 6.45) is 3.72. The molecule has 1 aliphatic heterocycles. The van der Waals surface area contributed by atoms with Crippen LogP contribution >= 0.6 is 0 Å². The molecular formula is C22H28N4O4. The van der Waals surface area contributed by atoms with Crippen molar-refractivity contribution in [3.8, 4) is 17.2 Å². The Balaban J connectivity index is 0.000000335. The number of aryl methyl sites for hydroxylation is 1. The van der Waals surface area contributed by atoms with E-state index in [-0.39, 0.29) is 5.91 Å². The van der Waals surface area contributed by atoms with E-state index in [1.807, 2.05) is 37.3 Å². The molecule has 6 N–H and O–H groups in total. The Hall–Kier alpha value is -3.81. The molecule has 0 saturated carbocycles. The van der Waals surface area contributed by atoms with Gasteiger partial charge in [-0.2, -0.15) is 0 Å². The van der Waals surface area contributed by atoms with E-state index in [4.69, 9.17) is 25.7 Å². The molecule has 160 valence electrons. The molecule has 0 radical (unpaired) electrons. The van der Waals surface area contributed by atoms with Crippen LogP contribution in [-0.4, -0.2) is 33.8 Å². The molecule has 0 fully saturated rings. The van der Waals surface area contributed by atoms with E-state index in [1.165, 1.54) is 21.3 Å². The minimum atomic E-state index is -0.275. The van der Waals surface area contributed by atoms with E-state index in [2.05, 4.69) is 10.6 Å². The Morgan fingerprint density at radius 2 is 1.77 bits per heavy atom. The van der Waals surface area contributed by atoms with Crippen LogP contribution in [0.15, 0.2) is 60.1 Å². The van der Waals surface area contributed by atoms with Gasteiger partial charge < -0.3 is 36.3 Å². The van der Waals surface area contributed by atoms with E-state index in [0.717, 1.165) is 17.8 Å². The second-order valence-corrected chi connectivity index (χ2v) is 6.36. The molecule has 3 rings (SSSR count). The third kappa shape index (κ3) is 5.60. The predicted octanol–water partition coefficient (Wildman–Crippen LogP) is 2.51. The summed E-state index contributed by atoms with van der Waals surface area (Å²) in [4.78, 5) is 12.5. The summed E-state index contributed by atoms with van der Waals surface area (Å²) >= 11 is 0. The number of ether oxygens (including phenoxy) is 3. The zero-order valence-electron chi connectivity index (χ0n) is 17.6. The predicted molar refractivity (Wildman–Crippen MR) is 118 cm³/mol. The zero-order chi connectivity index (χ0) is 22.1. The molecule has 0 spiro atoms. The van der Waals surface area contributed by atoms with Crippen LogP contribution < -0.4 is 36.3 Å². The lowest BCUT2D eigenvalue weighted by Crippen LogP contribution is -2.26. The lowest BCUT2D eigenvalue weighted by atomic mass is 10.1. The summed E-state index contributed by atoms with van der Waals surface area (Å²) in [6, 6.07) is 10.9. The summed E-state index contributed by atoms with van der Waals surface area (Å²) < 4.78 is 15.8. The van der Waals surface area contributed by atoms with Crippen molar-refractivity contribution in [2.24, 2.45) is 11.5 Å². The highest BCUT2D eigenvalue weighted by Crippen LogP contribution is 2.39. The highest BCUT2D eigenvalue weighted by atomic mass is 16.5. The van der Waals surface area contributed by atoms with Gasteiger partial charge in [0.2, 0.25) is 5.75 Å². The molecule has 0 unspecified atom stereocenters. The number of nitrogens with one attached hydrogen (secondary N) is 2. The number of carbonyl (C=O) groups is 1. The lowest BCUT2D eigenvalue weighted by molar-refractivity contribution is 0.102. The van der Waals surface area contributed by atoms with E-state index >= 15 is 0 Å². The van der Waals surface area contributed by atoms with Crippen LogP contribution in [0.25, 0.3) is 0 Å².